The molecule has 0 atom stereocenters. The average Bonchev–Trinajstić information content (AvgIpc) is 3.18. The maximum absolute atomic E-state index is 14.8. The number of aryl methyl sites for hydroxylation is 2. The number of hydrogen-bond acceptors (Lipinski definition) is 8. The number of aromatic nitrogens is 3. The van der Waals surface area contributed by atoms with Crippen molar-refractivity contribution in [2.24, 2.45) is 0 Å². The standard InChI is InChI=1S/C22H20FN3O4S/c1-11-5-14(21-15(6-11)25-13(8-24-21)9-28-3)22-26-20-12(2)19(23)16(7-17(20)31-22)30-10-18(27)29-4/h5-8H,9-10H2,1-4H3. The Morgan fingerprint density at radius 2 is 1.94 bits per heavy atom. The number of esters is 1. The SMILES string of the molecule is COCc1cnc2c(-c3nc4c(C)c(F)c(OCC(=O)OC)cc4s3)cc(C)cc2n1. The number of halogens is 1. The van der Waals surface area contributed by atoms with Crippen LogP contribution >= 0.6 is 11.3 Å². The normalized spacial score (nSPS) is 11.3. The van der Waals surface area contributed by atoms with Gasteiger partial charge in [-0.1, -0.05) is 0 Å². The van der Waals surface area contributed by atoms with Crippen LogP contribution in [0.5, 0.6) is 5.75 Å². The molecule has 9 heteroatoms. The van der Waals surface area contributed by atoms with Crippen LogP contribution in [-0.2, 0) is 20.9 Å². The highest BCUT2D eigenvalue weighted by molar-refractivity contribution is 7.21. The topological polar surface area (TPSA) is 83.4 Å². The van der Waals surface area contributed by atoms with Crippen molar-refractivity contribution in [3.05, 3.63) is 47.0 Å². The Morgan fingerprint density at radius 3 is 2.68 bits per heavy atom. The first-order valence-electron chi connectivity index (χ1n) is 9.46. The highest BCUT2D eigenvalue weighted by atomic mass is 32.1. The van der Waals surface area contributed by atoms with Crippen LogP contribution in [0.4, 0.5) is 4.39 Å². The minimum absolute atomic E-state index is 0.0105. The van der Waals surface area contributed by atoms with E-state index >= 15 is 0 Å². The first-order chi connectivity index (χ1) is 14.9. The van der Waals surface area contributed by atoms with E-state index in [0.717, 1.165) is 27.0 Å². The minimum atomic E-state index is -0.584. The number of nitrogens with zero attached hydrogens (tertiary/aromatic N) is 3. The number of benzene rings is 2. The molecule has 160 valence electrons. The molecule has 7 nitrogen and oxygen atoms in total. The van der Waals surface area contributed by atoms with Gasteiger partial charge in [-0.2, -0.15) is 0 Å². The van der Waals surface area contributed by atoms with Crippen molar-refractivity contribution in [3.8, 4) is 16.3 Å². The summed E-state index contributed by atoms with van der Waals surface area (Å²) in [6, 6.07) is 5.51. The van der Waals surface area contributed by atoms with Crippen LogP contribution in [0.25, 0.3) is 31.8 Å². The van der Waals surface area contributed by atoms with E-state index in [1.807, 2.05) is 19.1 Å². The molecule has 2 aromatic heterocycles. The number of fused-ring (bicyclic) bond motifs is 2. The van der Waals surface area contributed by atoms with Crippen molar-refractivity contribution in [1.29, 1.82) is 0 Å². The molecule has 2 aromatic carbocycles. The molecule has 31 heavy (non-hydrogen) atoms. The van der Waals surface area contributed by atoms with E-state index in [1.165, 1.54) is 18.4 Å². The zero-order valence-corrected chi connectivity index (χ0v) is 18.3. The minimum Gasteiger partial charge on any atom is -0.479 e. The van der Waals surface area contributed by atoms with E-state index in [-0.39, 0.29) is 12.4 Å². The van der Waals surface area contributed by atoms with Gasteiger partial charge in [0.05, 0.1) is 46.9 Å². The highest BCUT2D eigenvalue weighted by Gasteiger charge is 2.19. The van der Waals surface area contributed by atoms with Crippen LogP contribution < -0.4 is 4.74 Å². The Morgan fingerprint density at radius 1 is 1.13 bits per heavy atom. The van der Waals surface area contributed by atoms with Crippen LogP contribution in [0.3, 0.4) is 0 Å². The van der Waals surface area contributed by atoms with Gasteiger partial charge in [-0.3, -0.25) is 4.98 Å². The molecule has 0 aliphatic heterocycles. The van der Waals surface area contributed by atoms with Crippen LogP contribution in [0.15, 0.2) is 24.4 Å². The first-order valence-corrected chi connectivity index (χ1v) is 10.3. The van der Waals surface area contributed by atoms with Gasteiger partial charge in [0.15, 0.2) is 18.2 Å². The van der Waals surface area contributed by atoms with Crippen molar-refractivity contribution < 1.29 is 23.4 Å². The van der Waals surface area contributed by atoms with Gasteiger partial charge < -0.3 is 14.2 Å². The van der Waals surface area contributed by atoms with Gasteiger partial charge in [-0.15, -0.1) is 11.3 Å². The van der Waals surface area contributed by atoms with Crippen molar-refractivity contribution in [2.45, 2.75) is 20.5 Å². The van der Waals surface area contributed by atoms with Crippen molar-refractivity contribution in [1.82, 2.24) is 15.0 Å². The number of methoxy groups -OCH3 is 2. The van der Waals surface area contributed by atoms with Gasteiger partial charge in [0.2, 0.25) is 0 Å². The molecule has 0 spiro atoms. The van der Waals surface area contributed by atoms with E-state index < -0.39 is 11.8 Å². The molecule has 0 saturated heterocycles. The lowest BCUT2D eigenvalue weighted by atomic mass is 10.1. The third kappa shape index (κ3) is 4.06. The van der Waals surface area contributed by atoms with Crippen molar-refractivity contribution in [3.63, 3.8) is 0 Å². The van der Waals surface area contributed by atoms with Gasteiger partial charge in [-0.05, 0) is 31.5 Å². The van der Waals surface area contributed by atoms with Crippen LogP contribution in [0, 0.1) is 19.7 Å². The van der Waals surface area contributed by atoms with E-state index in [9.17, 15) is 9.18 Å². The van der Waals surface area contributed by atoms with E-state index in [4.69, 9.17) is 9.47 Å². The maximum Gasteiger partial charge on any atom is 0.343 e. The fourth-order valence-electron chi connectivity index (χ4n) is 3.27. The molecule has 0 aliphatic carbocycles. The second-order valence-electron chi connectivity index (χ2n) is 7.02. The van der Waals surface area contributed by atoms with E-state index in [0.29, 0.717) is 28.2 Å². The first kappa shape index (κ1) is 21.1. The summed E-state index contributed by atoms with van der Waals surface area (Å²) in [5, 5.41) is 0.699. The summed E-state index contributed by atoms with van der Waals surface area (Å²) in [6.45, 7) is 3.62. The van der Waals surface area contributed by atoms with Crippen LogP contribution in [-0.4, -0.2) is 41.7 Å². The number of carbonyl (C=O) groups is 1. The monoisotopic (exact) mass is 441 g/mol. The largest absolute Gasteiger partial charge is 0.479 e. The quantitative estimate of drug-likeness (QED) is 0.411. The summed E-state index contributed by atoms with van der Waals surface area (Å²) in [4.78, 5) is 25.2. The number of thiazole rings is 1. The predicted octanol–water partition coefficient (Wildman–Crippen LogP) is 4.36. The lowest BCUT2D eigenvalue weighted by Gasteiger charge is -2.08. The van der Waals surface area contributed by atoms with E-state index in [1.54, 1.807) is 26.3 Å². The maximum atomic E-state index is 14.8. The Balaban J connectivity index is 1.82. The molecule has 0 fully saturated rings. The zero-order chi connectivity index (χ0) is 22.1. The molecule has 0 amide bonds. The molecule has 4 rings (SSSR count). The van der Waals surface area contributed by atoms with E-state index in [2.05, 4.69) is 19.7 Å². The highest BCUT2D eigenvalue weighted by Crippen LogP contribution is 2.38. The second-order valence-corrected chi connectivity index (χ2v) is 8.05. The molecule has 4 aromatic rings. The summed E-state index contributed by atoms with van der Waals surface area (Å²) in [7, 11) is 2.86. The van der Waals surface area contributed by atoms with Crippen molar-refractivity contribution >= 4 is 38.6 Å². The third-order valence-electron chi connectivity index (χ3n) is 4.75. The third-order valence-corrected chi connectivity index (χ3v) is 5.79. The van der Waals surface area contributed by atoms with Gasteiger partial charge in [0, 0.05) is 24.3 Å². The van der Waals surface area contributed by atoms with Crippen molar-refractivity contribution in [2.75, 3.05) is 20.8 Å². The Hall–Kier alpha value is -3.17. The molecular formula is C22H20FN3O4S. The molecule has 0 unspecified atom stereocenters. The Labute approximate surface area is 181 Å². The molecule has 0 saturated carbocycles. The summed E-state index contributed by atoms with van der Waals surface area (Å²) in [6.07, 6.45) is 1.68. The summed E-state index contributed by atoms with van der Waals surface area (Å²) < 4.78 is 30.5. The smallest absolute Gasteiger partial charge is 0.343 e. The van der Waals surface area contributed by atoms with Gasteiger partial charge in [-0.25, -0.2) is 19.2 Å². The lowest BCUT2D eigenvalue weighted by Crippen LogP contribution is -2.13. The number of rotatable bonds is 6. The molecule has 0 bridgehead atoms. The fourth-order valence-corrected chi connectivity index (χ4v) is 4.34. The number of ether oxygens (including phenoxy) is 3. The number of carbonyl (C=O) groups excluding carboxylic acids is 1. The summed E-state index contributed by atoms with van der Waals surface area (Å²) in [5.74, 6) is -1.14. The Bertz CT molecular complexity index is 1310. The Kier molecular flexibility index (Phi) is 5.79. The van der Waals surface area contributed by atoms with Gasteiger partial charge in [0.25, 0.3) is 0 Å². The second kappa shape index (κ2) is 8.52. The molecule has 2 heterocycles. The summed E-state index contributed by atoms with van der Waals surface area (Å²) in [5.41, 5.74) is 4.92. The van der Waals surface area contributed by atoms with Gasteiger partial charge >= 0.3 is 5.97 Å². The molecule has 0 aliphatic rings. The average molecular weight is 441 g/mol. The lowest BCUT2D eigenvalue weighted by molar-refractivity contribution is -0.142. The molecule has 0 N–H and O–H groups in total. The summed E-state index contributed by atoms with van der Waals surface area (Å²) >= 11 is 1.40. The molecule has 0 radical (unpaired) electrons. The van der Waals surface area contributed by atoms with Crippen LogP contribution in [0.1, 0.15) is 16.8 Å². The fraction of sp³-hybridized carbons (Fsp3) is 0.273. The van der Waals surface area contributed by atoms with Crippen LogP contribution in [0.2, 0.25) is 0 Å². The molecular weight excluding hydrogens is 421 g/mol. The van der Waals surface area contributed by atoms with Gasteiger partial charge in [0.1, 0.15) is 5.01 Å². The predicted molar refractivity (Wildman–Crippen MR) is 116 cm³/mol. The zero-order valence-electron chi connectivity index (χ0n) is 17.5. The number of hydrogen-bond donors (Lipinski definition) is 0.